The number of carbonyl (C=O) groups is 2. The van der Waals surface area contributed by atoms with Crippen LogP contribution in [0.5, 0.6) is 5.75 Å². The van der Waals surface area contributed by atoms with E-state index in [9.17, 15) is 9.59 Å². The van der Waals surface area contributed by atoms with Crippen molar-refractivity contribution in [3.8, 4) is 5.75 Å². The maximum atomic E-state index is 13.6. The number of rotatable bonds is 7. The average molecular weight is 604 g/mol. The summed E-state index contributed by atoms with van der Waals surface area (Å²) in [6.45, 7) is 4.15. The summed E-state index contributed by atoms with van der Waals surface area (Å²) in [5.74, 6) is -0.907. The number of carbonyl (C=O) groups excluding carboxylic acids is 1. The number of nitrogens with zero attached hydrogens (tertiary/aromatic N) is 2. The number of hydrogen-bond acceptors (Lipinski definition) is 5. The van der Waals surface area contributed by atoms with Crippen LogP contribution in [-0.4, -0.2) is 22.2 Å². The molecule has 1 saturated heterocycles. The van der Waals surface area contributed by atoms with Gasteiger partial charge in [0, 0.05) is 0 Å². The van der Waals surface area contributed by atoms with Gasteiger partial charge in [0.2, 0.25) is 0 Å². The summed E-state index contributed by atoms with van der Waals surface area (Å²) in [7, 11) is 0. The number of amidine groups is 1. The molecule has 6 nitrogen and oxygen atoms in total. The van der Waals surface area contributed by atoms with Gasteiger partial charge in [-0.15, -0.1) is 0 Å². The van der Waals surface area contributed by atoms with Gasteiger partial charge >= 0.3 is 5.97 Å². The van der Waals surface area contributed by atoms with Gasteiger partial charge in [-0.1, -0.05) is 70.7 Å². The van der Waals surface area contributed by atoms with Crippen molar-refractivity contribution in [1.82, 2.24) is 0 Å². The van der Waals surface area contributed by atoms with Crippen LogP contribution in [0.25, 0.3) is 6.08 Å². The smallest absolute Gasteiger partial charge is 0.335 e. The minimum atomic E-state index is -0.997. The Balaban J connectivity index is 1.41. The van der Waals surface area contributed by atoms with Gasteiger partial charge in [0.05, 0.1) is 31.9 Å². The van der Waals surface area contributed by atoms with Crippen LogP contribution in [0.3, 0.4) is 0 Å². The Morgan fingerprint density at radius 2 is 1.51 bits per heavy atom. The van der Waals surface area contributed by atoms with Crippen LogP contribution in [0.1, 0.15) is 32.6 Å². The summed E-state index contributed by atoms with van der Waals surface area (Å²) in [5, 5.41) is 10.2. The van der Waals surface area contributed by atoms with Crippen LogP contribution in [0.2, 0.25) is 10.0 Å². The zero-order chi connectivity index (χ0) is 29.1. The number of thioether (sulfide) groups is 1. The maximum Gasteiger partial charge on any atom is 0.335 e. The Morgan fingerprint density at radius 3 is 2.10 bits per heavy atom. The molecule has 0 aliphatic carbocycles. The lowest BCUT2D eigenvalue weighted by atomic mass is 10.1. The second kappa shape index (κ2) is 12.2. The molecule has 9 heteroatoms. The normalized spacial score (nSPS) is 15.1. The van der Waals surface area contributed by atoms with Crippen molar-refractivity contribution in [1.29, 1.82) is 0 Å². The van der Waals surface area contributed by atoms with E-state index in [1.54, 1.807) is 35.2 Å². The number of anilines is 1. The van der Waals surface area contributed by atoms with E-state index in [2.05, 4.69) is 0 Å². The van der Waals surface area contributed by atoms with Crippen LogP contribution in [0.4, 0.5) is 11.4 Å². The highest BCUT2D eigenvalue weighted by Gasteiger charge is 2.35. The van der Waals surface area contributed by atoms with Gasteiger partial charge in [0.1, 0.15) is 6.61 Å². The highest BCUT2D eigenvalue weighted by atomic mass is 35.5. The molecule has 4 aromatic carbocycles. The Bertz CT molecular complexity index is 1660. The molecule has 1 amide bonds. The number of hydrogen-bond donors (Lipinski definition) is 1. The van der Waals surface area contributed by atoms with Gasteiger partial charge in [-0.25, -0.2) is 9.79 Å². The second-order valence-electron chi connectivity index (χ2n) is 9.42. The van der Waals surface area contributed by atoms with Crippen molar-refractivity contribution in [3.05, 3.63) is 128 Å². The van der Waals surface area contributed by atoms with Crippen LogP contribution in [-0.2, 0) is 11.4 Å². The van der Waals surface area contributed by atoms with Gasteiger partial charge in [-0.3, -0.25) is 9.69 Å². The molecule has 0 spiro atoms. The van der Waals surface area contributed by atoms with Gasteiger partial charge in [-0.05, 0) is 91.3 Å². The van der Waals surface area contributed by atoms with E-state index in [1.165, 1.54) is 23.9 Å². The molecule has 1 N–H and O–H groups in total. The first-order valence-electron chi connectivity index (χ1n) is 12.6. The lowest BCUT2D eigenvalue weighted by molar-refractivity contribution is -0.113. The molecule has 206 valence electrons. The molecule has 1 aliphatic rings. The Labute approximate surface area is 251 Å². The van der Waals surface area contributed by atoms with Crippen molar-refractivity contribution in [2.75, 3.05) is 4.90 Å². The van der Waals surface area contributed by atoms with Crippen molar-refractivity contribution in [3.63, 3.8) is 0 Å². The molecule has 1 heterocycles. The van der Waals surface area contributed by atoms with E-state index in [0.717, 1.165) is 28.1 Å². The zero-order valence-electron chi connectivity index (χ0n) is 22.1. The predicted octanol–water partition coefficient (Wildman–Crippen LogP) is 8.70. The van der Waals surface area contributed by atoms with Crippen molar-refractivity contribution < 1.29 is 19.4 Å². The number of carboxylic acid groups (broad SMARTS) is 1. The van der Waals surface area contributed by atoms with Crippen molar-refractivity contribution in [2.45, 2.75) is 20.5 Å². The largest absolute Gasteiger partial charge is 0.486 e. The number of amides is 1. The van der Waals surface area contributed by atoms with Gasteiger partial charge in [0.15, 0.2) is 10.9 Å². The quantitative estimate of drug-likeness (QED) is 0.214. The standard InChI is InChI=1S/C32H24Cl2N2O4S/c1-19-3-11-24(12-4-19)35-32-36(25-13-5-20(2)6-14-25)30(37)28(41-32)17-22-15-26(33)29(27(34)16-22)40-18-21-7-9-23(10-8-21)31(38)39/h3-17H,18H2,1-2H3,(H,38,39)/b28-17-,35-32?. The van der Waals surface area contributed by atoms with E-state index in [4.69, 9.17) is 38.0 Å². The highest BCUT2D eigenvalue weighted by Crippen LogP contribution is 2.40. The zero-order valence-corrected chi connectivity index (χ0v) is 24.4. The topological polar surface area (TPSA) is 79.2 Å². The molecule has 5 rings (SSSR count). The molecule has 0 bridgehead atoms. The maximum absolute atomic E-state index is 13.6. The number of aryl methyl sites for hydroxylation is 2. The van der Waals surface area contributed by atoms with Crippen molar-refractivity contribution in [2.24, 2.45) is 4.99 Å². The summed E-state index contributed by atoms with van der Waals surface area (Å²) in [6, 6.07) is 25.2. The minimum Gasteiger partial charge on any atom is -0.486 e. The Hall–Kier alpha value is -4.04. The highest BCUT2D eigenvalue weighted by molar-refractivity contribution is 8.19. The molecule has 0 aromatic heterocycles. The van der Waals surface area contributed by atoms with E-state index < -0.39 is 5.97 Å². The van der Waals surface area contributed by atoms with Crippen LogP contribution >= 0.6 is 35.0 Å². The Morgan fingerprint density at radius 1 is 0.927 bits per heavy atom. The molecule has 4 aromatic rings. The third-order valence-corrected chi connectivity index (χ3v) is 7.79. The number of carboxylic acids is 1. The molecular formula is C32H24Cl2N2O4S. The SMILES string of the molecule is Cc1ccc(N=C2S/C(=C\c3cc(Cl)c(OCc4ccc(C(=O)O)cc4)c(Cl)c3)C(=O)N2c2ccc(C)cc2)cc1. The number of aromatic carboxylic acids is 1. The fraction of sp³-hybridized carbons (Fsp3) is 0.0938. The van der Waals surface area contributed by atoms with E-state index >= 15 is 0 Å². The molecule has 0 saturated carbocycles. The van der Waals surface area contributed by atoms with Crippen LogP contribution < -0.4 is 9.64 Å². The Kier molecular flexibility index (Phi) is 8.49. The van der Waals surface area contributed by atoms with E-state index in [0.29, 0.717) is 21.4 Å². The molecule has 1 fully saturated rings. The summed E-state index contributed by atoms with van der Waals surface area (Å²) in [4.78, 5) is 31.6. The summed E-state index contributed by atoms with van der Waals surface area (Å²) >= 11 is 14.3. The summed E-state index contributed by atoms with van der Waals surface area (Å²) < 4.78 is 5.84. The summed E-state index contributed by atoms with van der Waals surface area (Å²) in [5.41, 5.74) is 5.26. The summed E-state index contributed by atoms with van der Waals surface area (Å²) in [6.07, 6.45) is 1.73. The molecule has 1 aliphatic heterocycles. The first-order valence-corrected chi connectivity index (χ1v) is 14.2. The number of halogens is 2. The van der Waals surface area contributed by atoms with E-state index in [-0.39, 0.29) is 28.1 Å². The van der Waals surface area contributed by atoms with Gasteiger partial charge in [0.25, 0.3) is 5.91 Å². The second-order valence-corrected chi connectivity index (χ2v) is 11.2. The van der Waals surface area contributed by atoms with Gasteiger partial charge in [-0.2, -0.15) is 0 Å². The fourth-order valence-electron chi connectivity index (χ4n) is 4.05. The van der Waals surface area contributed by atoms with Crippen LogP contribution in [0, 0.1) is 13.8 Å². The lowest BCUT2D eigenvalue weighted by Gasteiger charge is -2.16. The molecule has 41 heavy (non-hydrogen) atoms. The third-order valence-electron chi connectivity index (χ3n) is 6.26. The monoisotopic (exact) mass is 602 g/mol. The fourth-order valence-corrected chi connectivity index (χ4v) is 5.67. The number of aliphatic imine (C=N–C) groups is 1. The van der Waals surface area contributed by atoms with Gasteiger partial charge < -0.3 is 9.84 Å². The third kappa shape index (κ3) is 6.65. The number of ether oxygens (including phenoxy) is 1. The molecular weight excluding hydrogens is 579 g/mol. The average Bonchev–Trinajstić information content (AvgIpc) is 3.24. The van der Waals surface area contributed by atoms with E-state index in [1.807, 2.05) is 62.4 Å². The first-order chi connectivity index (χ1) is 19.7. The molecule has 0 unspecified atom stereocenters. The lowest BCUT2D eigenvalue weighted by Crippen LogP contribution is -2.28. The minimum absolute atomic E-state index is 0.151. The van der Waals surface area contributed by atoms with Crippen LogP contribution in [0.15, 0.2) is 94.8 Å². The molecule has 0 atom stereocenters. The number of benzene rings is 4. The predicted molar refractivity (Wildman–Crippen MR) is 167 cm³/mol. The molecule has 0 radical (unpaired) electrons. The first kappa shape index (κ1) is 28.5. The van der Waals surface area contributed by atoms with Crippen molar-refractivity contribution >= 4 is 69.5 Å².